The lowest BCUT2D eigenvalue weighted by molar-refractivity contribution is 0.446. The Morgan fingerprint density at radius 1 is 0.786 bits per heavy atom. The van der Waals surface area contributed by atoms with E-state index in [1.54, 1.807) is 10.8 Å². The van der Waals surface area contributed by atoms with Gasteiger partial charge in [0.1, 0.15) is 5.75 Å². The van der Waals surface area contributed by atoms with Crippen molar-refractivity contribution in [3.8, 4) is 5.75 Å². The maximum Gasteiger partial charge on any atom is 0.119 e. The molecule has 0 aliphatic heterocycles. The first-order valence-electron chi connectivity index (χ1n) is 10.3. The molecule has 0 radical (unpaired) electrons. The molecule has 0 unspecified atom stereocenters. The highest BCUT2D eigenvalue weighted by molar-refractivity contribution is 8.00. The van der Waals surface area contributed by atoms with E-state index in [0.717, 1.165) is 5.56 Å². The van der Waals surface area contributed by atoms with Gasteiger partial charge in [-0.15, -0.1) is 11.8 Å². The molecule has 0 fully saturated rings. The molecule has 154 valence electrons. The summed E-state index contributed by atoms with van der Waals surface area (Å²) < 4.78 is 0. The van der Waals surface area contributed by atoms with E-state index in [0.29, 0.717) is 5.75 Å². The number of phenolic OH excluding ortho intramolecular Hbond substituents is 1. The molecule has 0 bridgehead atoms. The molecule has 3 heteroatoms. The zero-order valence-electron chi connectivity index (χ0n) is 19.2. The molecule has 0 atom stereocenters. The fourth-order valence-corrected chi connectivity index (χ4v) is 7.67. The monoisotopic (exact) mass is 414 g/mol. The number of phenols is 1. The van der Waals surface area contributed by atoms with Crippen molar-refractivity contribution in [2.75, 3.05) is 5.38 Å². The Bertz CT molecular complexity index is 820. The zero-order chi connectivity index (χ0) is 21.3. The minimum absolute atomic E-state index is 0.0431. The Morgan fingerprint density at radius 3 is 1.93 bits per heavy atom. The quantitative estimate of drug-likeness (QED) is 0.502. The van der Waals surface area contributed by atoms with Gasteiger partial charge in [0.15, 0.2) is 0 Å². The van der Waals surface area contributed by atoms with Crippen LogP contribution in [-0.2, 0) is 16.2 Å². The van der Waals surface area contributed by atoms with Crippen LogP contribution in [0.2, 0.25) is 0 Å². The van der Waals surface area contributed by atoms with Gasteiger partial charge in [-0.05, 0) is 50.9 Å². The Balaban J connectivity index is 2.25. The Labute approximate surface area is 179 Å². The molecule has 0 amide bonds. The van der Waals surface area contributed by atoms with E-state index in [9.17, 15) is 5.11 Å². The summed E-state index contributed by atoms with van der Waals surface area (Å²) in [4.78, 5) is 1.26. The lowest BCUT2D eigenvalue weighted by atomic mass is 9.75. The van der Waals surface area contributed by atoms with Crippen molar-refractivity contribution in [3.05, 3.63) is 53.1 Å². The summed E-state index contributed by atoms with van der Waals surface area (Å²) in [6.45, 7) is 20.5. The van der Waals surface area contributed by atoms with E-state index in [1.165, 1.54) is 15.8 Å². The average Bonchev–Trinajstić information content (AvgIpc) is 2.53. The highest BCUT2D eigenvalue weighted by Gasteiger charge is 2.27. The number of hydrogen-bond donors (Lipinski definition) is 1. The van der Waals surface area contributed by atoms with E-state index in [-0.39, 0.29) is 16.2 Å². The largest absolute Gasteiger partial charge is 0.508 e. The summed E-state index contributed by atoms with van der Waals surface area (Å²) in [5.74, 6) is 0.405. The third-order valence-corrected chi connectivity index (χ3v) is 8.47. The number of benzene rings is 2. The van der Waals surface area contributed by atoms with Crippen LogP contribution in [0.4, 0.5) is 0 Å². The molecule has 2 rings (SSSR count). The summed E-state index contributed by atoms with van der Waals surface area (Å²) in [6, 6.07) is 13.0. The van der Waals surface area contributed by atoms with Gasteiger partial charge < -0.3 is 5.11 Å². The van der Waals surface area contributed by atoms with Crippen LogP contribution in [0.1, 0.15) is 79.0 Å². The lowest BCUT2D eigenvalue weighted by Crippen LogP contribution is -2.33. The SMILES string of the molecule is CC(C)(C)c1cc(SC[SiH2]c2cccc(C(C)(C)C)c2C(C)(C)C)ccc1O. The Hall–Kier alpha value is -1.19. The molecule has 1 N–H and O–H groups in total. The summed E-state index contributed by atoms with van der Waals surface area (Å²) >= 11 is 1.94. The van der Waals surface area contributed by atoms with Gasteiger partial charge >= 0.3 is 0 Å². The third kappa shape index (κ3) is 5.67. The minimum Gasteiger partial charge on any atom is -0.508 e. The first-order chi connectivity index (χ1) is 12.7. The van der Waals surface area contributed by atoms with Crippen LogP contribution >= 0.6 is 11.8 Å². The molecule has 0 aliphatic rings. The van der Waals surface area contributed by atoms with Crippen LogP contribution in [0.25, 0.3) is 0 Å². The first-order valence-corrected chi connectivity index (χ1v) is 13.0. The number of rotatable bonds is 4. The van der Waals surface area contributed by atoms with Gasteiger partial charge in [-0.3, -0.25) is 0 Å². The van der Waals surface area contributed by atoms with Crippen molar-refractivity contribution in [1.82, 2.24) is 0 Å². The number of hydrogen-bond acceptors (Lipinski definition) is 2. The highest BCUT2D eigenvalue weighted by Crippen LogP contribution is 2.35. The summed E-state index contributed by atoms with van der Waals surface area (Å²) in [5.41, 5.74) is 4.38. The van der Waals surface area contributed by atoms with Gasteiger partial charge in [-0.2, -0.15) is 0 Å². The van der Waals surface area contributed by atoms with Crippen molar-refractivity contribution in [2.24, 2.45) is 0 Å². The predicted molar refractivity (Wildman–Crippen MR) is 130 cm³/mol. The minimum atomic E-state index is -0.399. The second kappa shape index (κ2) is 8.28. The first kappa shape index (κ1) is 23.1. The van der Waals surface area contributed by atoms with Gasteiger partial charge in [0.05, 0.1) is 9.52 Å². The third-order valence-electron chi connectivity index (χ3n) is 5.12. The Kier molecular flexibility index (Phi) is 6.82. The van der Waals surface area contributed by atoms with Crippen molar-refractivity contribution in [1.29, 1.82) is 0 Å². The van der Waals surface area contributed by atoms with Crippen molar-refractivity contribution in [2.45, 2.75) is 83.5 Å². The molecule has 2 aromatic carbocycles. The second-order valence-electron chi connectivity index (χ2n) is 10.9. The van der Waals surface area contributed by atoms with Gasteiger partial charge in [-0.1, -0.05) is 85.7 Å². The zero-order valence-corrected chi connectivity index (χ0v) is 21.5. The smallest absolute Gasteiger partial charge is 0.119 e. The molecule has 0 saturated heterocycles. The van der Waals surface area contributed by atoms with E-state index in [4.69, 9.17) is 0 Å². The maximum absolute atomic E-state index is 10.2. The molecular formula is C25H38OSSi. The standard InChI is InChI=1S/C25H38OSSi/c1-23(2,3)18-11-10-12-21(22(18)25(7,8)9)28-16-27-17-13-14-20(26)19(15-17)24(4,5)6/h10-15,26H,16,28H2,1-9H3. The second-order valence-corrected chi connectivity index (χ2v) is 14.5. The molecule has 0 aliphatic carbocycles. The van der Waals surface area contributed by atoms with Crippen LogP contribution in [0.15, 0.2) is 41.3 Å². The van der Waals surface area contributed by atoms with E-state index in [1.807, 2.05) is 17.8 Å². The van der Waals surface area contributed by atoms with Crippen LogP contribution in [0.5, 0.6) is 5.75 Å². The maximum atomic E-state index is 10.2. The fourth-order valence-electron chi connectivity index (χ4n) is 3.80. The van der Waals surface area contributed by atoms with E-state index in [2.05, 4.69) is 92.6 Å². The molecule has 2 aromatic rings. The van der Waals surface area contributed by atoms with Gasteiger partial charge in [0, 0.05) is 10.5 Å². The van der Waals surface area contributed by atoms with Crippen LogP contribution in [0, 0.1) is 0 Å². The average molecular weight is 415 g/mol. The predicted octanol–water partition coefficient (Wildman–Crippen LogP) is 5.83. The van der Waals surface area contributed by atoms with Crippen molar-refractivity contribution < 1.29 is 5.11 Å². The van der Waals surface area contributed by atoms with Gasteiger partial charge in [0.25, 0.3) is 0 Å². The number of thioether (sulfide) groups is 1. The number of aromatic hydroxyl groups is 1. The van der Waals surface area contributed by atoms with Crippen LogP contribution in [0.3, 0.4) is 0 Å². The van der Waals surface area contributed by atoms with Crippen molar-refractivity contribution >= 4 is 26.5 Å². The highest BCUT2D eigenvalue weighted by atomic mass is 32.2. The van der Waals surface area contributed by atoms with Crippen LogP contribution in [-0.4, -0.2) is 20.0 Å². The topological polar surface area (TPSA) is 20.2 Å². The molecule has 1 nitrogen and oxygen atoms in total. The van der Waals surface area contributed by atoms with Gasteiger partial charge in [-0.25, -0.2) is 0 Å². The summed E-state index contributed by atoms with van der Waals surface area (Å²) in [5, 5.41) is 13.0. The van der Waals surface area contributed by atoms with Crippen molar-refractivity contribution in [3.63, 3.8) is 0 Å². The molecule has 0 heterocycles. The molecular weight excluding hydrogens is 376 g/mol. The molecule has 28 heavy (non-hydrogen) atoms. The van der Waals surface area contributed by atoms with Gasteiger partial charge in [0.2, 0.25) is 0 Å². The lowest BCUT2D eigenvalue weighted by Gasteiger charge is -2.32. The summed E-state index contributed by atoms with van der Waals surface area (Å²) in [6.07, 6.45) is 0. The normalized spacial score (nSPS) is 13.5. The van der Waals surface area contributed by atoms with E-state index < -0.39 is 9.52 Å². The molecule has 0 aromatic heterocycles. The molecule has 0 spiro atoms. The van der Waals surface area contributed by atoms with E-state index >= 15 is 0 Å². The van der Waals surface area contributed by atoms with Crippen LogP contribution < -0.4 is 5.19 Å². The summed E-state index contributed by atoms with van der Waals surface area (Å²) in [7, 11) is -0.399. The fraction of sp³-hybridized carbons (Fsp3) is 0.520. The molecule has 0 saturated carbocycles. The Morgan fingerprint density at radius 2 is 1.39 bits per heavy atom.